The van der Waals surface area contributed by atoms with Gasteiger partial charge in [-0.3, -0.25) is 4.79 Å². The van der Waals surface area contributed by atoms with Crippen molar-refractivity contribution in [2.75, 3.05) is 5.73 Å². The highest BCUT2D eigenvalue weighted by atomic mass is 79.9. The fourth-order valence-electron chi connectivity index (χ4n) is 0.844. The lowest BCUT2D eigenvalue weighted by atomic mass is 10.1. The fourth-order valence-corrected chi connectivity index (χ4v) is 1.21. The molecule has 0 atom stereocenters. The maximum Gasteiger partial charge on any atom is 0.161 e. The van der Waals surface area contributed by atoms with E-state index in [1.54, 1.807) is 12.1 Å². The second-order valence-corrected chi connectivity index (χ2v) is 3.11. The number of halogens is 1. The van der Waals surface area contributed by atoms with Crippen LogP contribution in [-0.4, -0.2) is 5.78 Å². The van der Waals surface area contributed by atoms with E-state index in [1.165, 1.54) is 6.92 Å². The molecule has 0 saturated heterocycles. The molecule has 1 aromatic rings. The minimum Gasteiger partial charge on any atom is -0.397 e. The molecule has 0 aliphatic carbocycles. The Morgan fingerprint density at radius 2 is 2.18 bits per heavy atom. The Kier molecular flexibility index (Phi) is 2.29. The van der Waals surface area contributed by atoms with Crippen LogP contribution >= 0.6 is 15.9 Å². The SMILES string of the molecule is CC(=O)c1cccc(Br)c1N. The zero-order valence-corrected chi connectivity index (χ0v) is 7.68. The summed E-state index contributed by atoms with van der Waals surface area (Å²) in [7, 11) is 0. The molecule has 0 aliphatic heterocycles. The smallest absolute Gasteiger partial charge is 0.161 e. The Balaban J connectivity index is 3.27. The van der Waals surface area contributed by atoms with Gasteiger partial charge in [0, 0.05) is 10.0 Å². The highest BCUT2D eigenvalue weighted by Crippen LogP contribution is 2.22. The van der Waals surface area contributed by atoms with Crippen LogP contribution in [0.1, 0.15) is 17.3 Å². The first-order chi connectivity index (χ1) is 5.13. The monoisotopic (exact) mass is 213 g/mol. The molecule has 0 aromatic heterocycles. The highest BCUT2D eigenvalue weighted by molar-refractivity contribution is 9.10. The first-order valence-electron chi connectivity index (χ1n) is 3.18. The van der Waals surface area contributed by atoms with Gasteiger partial charge in [-0.25, -0.2) is 0 Å². The van der Waals surface area contributed by atoms with Crippen LogP contribution in [0.25, 0.3) is 0 Å². The number of Topliss-reactive ketones (excluding diaryl/α,β-unsaturated/α-hetero) is 1. The topological polar surface area (TPSA) is 43.1 Å². The van der Waals surface area contributed by atoms with Gasteiger partial charge in [0.15, 0.2) is 5.78 Å². The third kappa shape index (κ3) is 1.60. The van der Waals surface area contributed by atoms with Gasteiger partial charge in [0.1, 0.15) is 0 Å². The number of rotatable bonds is 1. The molecule has 58 valence electrons. The van der Waals surface area contributed by atoms with Gasteiger partial charge in [-0.2, -0.15) is 0 Å². The minimum absolute atomic E-state index is 0.0104. The van der Waals surface area contributed by atoms with E-state index >= 15 is 0 Å². The molecule has 11 heavy (non-hydrogen) atoms. The van der Waals surface area contributed by atoms with Gasteiger partial charge in [0.05, 0.1) is 5.69 Å². The molecule has 0 spiro atoms. The van der Waals surface area contributed by atoms with Crippen molar-refractivity contribution >= 4 is 27.4 Å². The second-order valence-electron chi connectivity index (χ2n) is 2.26. The molecule has 2 N–H and O–H groups in total. The predicted octanol–water partition coefficient (Wildman–Crippen LogP) is 2.23. The molecule has 0 bridgehead atoms. The second kappa shape index (κ2) is 3.05. The van der Waals surface area contributed by atoms with Crippen molar-refractivity contribution in [1.82, 2.24) is 0 Å². The summed E-state index contributed by atoms with van der Waals surface area (Å²) in [5, 5.41) is 0. The number of carbonyl (C=O) groups excluding carboxylic acids is 1. The first-order valence-corrected chi connectivity index (χ1v) is 3.97. The van der Waals surface area contributed by atoms with Crippen molar-refractivity contribution in [3.05, 3.63) is 28.2 Å². The summed E-state index contributed by atoms with van der Waals surface area (Å²) in [6, 6.07) is 5.31. The van der Waals surface area contributed by atoms with E-state index in [2.05, 4.69) is 15.9 Å². The summed E-state index contributed by atoms with van der Waals surface area (Å²) in [6.45, 7) is 1.50. The molecule has 0 saturated carbocycles. The molecule has 1 aromatic carbocycles. The van der Waals surface area contributed by atoms with Gasteiger partial charge in [0.25, 0.3) is 0 Å². The number of para-hydroxylation sites is 1. The largest absolute Gasteiger partial charge is 0.397 e. The van der Waals surface area contributed by atoms with Crippen LogP contribution in [0, 0.1) is 0 Å². The number of hydrogen-bond acceptors (Lipinski definition) is 2. The molecule has 0 heterocycles. The van der Waals surface area contributed by atoms with Crippen LogP contribution in [0.2, 0.25) is 0 Å². The van der Waals surface area contributed by atoms with Crippen LogP contribution in [0.5, 0.6) is 0 Å². The Morgan fingerprint density at radius 1 is 1.55 bits per heavy atom. The zero-order valence-electron chi connectivity index (χ0n) is 6.10. The quantitative estimate of drug-likeness (QED) is 0.575. The summed E-state index contributed by atoms with van der Waals surface area (Å²) < 4.78 is 0.769. The molecule has 1 rings (SSSR count). The van der Waals surface area contributed by atoms with Gasteiger partial charge < -0.3 is 5.73 Å². The van der Waals surface area contributed by atoms with Gasteiger partial charge in [0.2, 0.25) is 0 Å². The highest BCUT2D eigenvalue weighted by Gasteiger charge is 2.05. The van der Waals surface area contributed by atoms with Gasteiger partial charge in [-0.1, -0.05) is 6.07 Å². The molecule has 0 fully saturated rings. The molecule has 3 heteroatoms. The number of hydrogen-bond donors (Lipinski definition) is 1. The van der Waals surface area contributed by atoms with E-state index < -0.39 is 0 Å². The maximum absolute atomic E-state index is 10.9. The summed E-state index contributed by atoms with van der Waals surface area (Å²) in [6.07, 6.45) is 0. The van der Waals surface area contributed by atoms with Crippen molar-refractivity contribution < 1.29 is 4.79 Å². The zero-order chi connectivity index (χ0) is 8.43. The summed E-state index contributed by atoms with van der Waals surface area (Å²) >= 11 is 3.24. The first kappa shape index (κ1) is 8.27. The lowest BCUT2D eigenvalue weighted by Crippen LogP contribution is -1.99. The molecule has 0 amide bonds. The van der Waals surface area contributed by atoms with E-state index in [0.29, 0.717) is 11.3 Å². The van der Waals surface area contributed by atoms with Crippen molar-refractivity contribution in [3.63, 3.8) is 0 Å². The van der Waals surface area contributed by atoms with Gasteiger partial charge in [-0.15, -0.1) is 0 Å². The standard InChI is InChI=1S/C8H8BrNO/c1-5(11)6-3-2-4-7(9)8(6)10/h2-4H,10H2,1H3. The van der Waals surface area contributed by atoms with Crippen LogP contribution < -0.4 is 5.73 Å². The van der Waals surface area contributed by atoms with Crippen molar-refractivity contribution in [2.24, 2.45) is 0 Å². The fraction of sp³-hybridized carbons (Fsp3) is 0.125. The van der Waals surface area contributed by atoms with E-state index in [-0.39, 0.29) is 5.78 Å². The van der Waals surface area contributed by atoms with Crippen LogP contribution in [0.4, 0.5) is 5.69 Å². The summed E-state index contributed by atoms with van der Waals surface area (Å²) in [5.41, 5.74) is 6.70. The third-order valence-electron chi connectivity index (χ3n) is 1.43. The number of ketones is 1. The van der Waals surface area contributed by atoms with Crippen LogP contribution in [0.3, 0.4) is 0 Å². The molecular formula is C8H8BrNO. The van der Waals surface area contributed by atoms with E-state index in [0.717, 1.165) is 4.47 Å². The lowest BCUT2D eigenvalue weighted by molar-refractivity contribution is 0.101. The van der Waals surface area contributed by atoms with Crippen molar-refractivity contribution in [2.45, 2.75) is 6.92 Å². The number of carbonyl (C=O) groups is 1. The summed E-state index contributed by atoms with van der Waals surface area (Å²) in [4.78, 5) is 10.9. The van der Waals surface area contributed by atoms with Crippen molar-refractivity contribution in [1.29, 1.82) is 0 Å². The number of nitrogen functional groups attached to an aromatic ring is 1. The molecular weight excluding hydrogens is 206 g/mol. The summed E-state index contributed by atoms with van der Waals surface area (Å²) in [5.74, 6) is -0.0104. The van der Waals surface area contributed by atoms with Gasteiger partial charge >= 0.3 is 0 Å². The maximum atomic E-state index is 10.9. The molecule has 0 aliphatic rings. The molecule has 2 nitrogen and oxygen atoms in total. The average molecular weight is 214 g/mol. The van der Waals surface area contributed by atoms with Gasteiger partial charge in [-0.05, 0) is 35.0 Å². The Bertz CT molecular complexity index is 296. The van der Waals surface area contributed by atoms with E-state index in [1.807, 2.05) is 6.07 Å². The molecule has 0 radical (unpaired) electrons. The number of benzene rings is 1. The normalized spacial score (nSPS) is 9.64. The Hall–Kier alpha value is -0.830. The van der Waals surface area contributed by atoms with Crippen LogP contribution in [-0.2, 0) is 0 Å². The predicted molar refractivity (Wildman–Crippen MR) is 48.6 cm³/mol. The van der Waals surface area contributed by atoms with E-state index in [9.17, 15) is 4.79 Å². The number of anilines is 1. The minimum atomic E-state index is -0.0104. The lowest BCUT2D eigenvalue weighted by Gasteiger charge is -2.02. The number of nitrogens with two attached hydrogens (primary N) is 1. The molecule has 0 unspecified atom stereocenters. The Labute approximate surface area is 73.5 Å². The Morgan fingerprint density at radius 3 is 2.64 bits per heavy atom. The third-order valence-corrected chi connectivity index (χ3v) is 2.12. The van der Waals surface area contributed by atoms with Crippen LogP contribution in [0.15, 0.2) is 22.7 Å². The van der Waals surface area contributed by atoms with Crippen molar-refractivity contribution in [3.8, 4) is 0 Å². The average Bonchev–Trinajstić information content (AvgIpc) is 1.94. The van der Waals surface area contributed by atoms with E-state index in [4.69, 9.17) is 5.73 Å².